The average molecular weight is 483 g/mol. The highest BCUT2D eigenvalue weighted by Gasteiger charge is 2.35. The number of thioether (sulfide) groups is 1. The minimum absolute atomic E-state index is 0.234. The molecule has 0 N–H and O–H groups in total. The Kier molecular flexibility index (Phi) is 6.50. The Morgan fingerprint density at radius 3 is 2.49 bits per heavy atom. The van der Waals surface area contributed by atoms with Crippen molar-refractivity contribution in [3.8, 4) is 11.5 Å². The average Bonchev–Trinajstić information content (AvgIpc) is 3.15. The molecule has 7 heteroatoms. The van der Waals surface area contributed by atoms with Gasteiger partial charge in [-0.1, -0.05) is 42.5 Å². The smallest absolute Gasteiger partial charge is 0.293 e. The summed E-state index contributed by atoms with van der Waals surface area (Å²) in [6.07, 6.45) is 5.14. The number of fused-ring (bicyclic) bond motifs is 1. The molecule has 4 aromatic rings. The second-order valence-corrected chi connectivity index (χ2v) is 9.00. The molecular formula is C28H22N2O4S. The molecule has 0 unspecified atom stereocenters. The normalized spacial score (nSPS) is 14.7. The first kappa shape index (κ1) is 22.7. The molecular weight excluding hydrogens is 460 g/mol. The summed E-state index contributed by atoms with van der Waals surface area (Å²) in [6.45, 7) is 0.615. The fraction of sp³-hybridized carbons (Fsp3) is 0.107. The van der Waals surface area contributed by atoms with Crippen molar-refractivity contribution in [3.63, 3.8) is 0 Å². The first-order chi connectivity index (χ1) is 17.1. The fourth-order valence-corrected chi connectivity index (χ4v) is 4.68. The number of hydrogen-bond acceptors (Lipinski definition) is 6. The number of ether oxygens (including phenoxy) is 2. The topological polar surface area (TPSA) is 68.7 Å². The van der Waals surface area contributed by atoms with E-state index in [9.17, 15) is 9.59 Å². The number of pyridine rings is 1. The Bertz CT molecular complexity index is 1440. The van der Waals surface area contributed by atoms with Crippen molar-refractivity contribution < 1.29 is 19.1 Å². The van der Waals surface area contributed by atoms with E-state index in [0.29, 0.717) is 23.0 Å². The van der Waals surface area contributed by atoms with Gasteiger partial charge in [0.2, 0.25) is 0 Å². The van der Waals surface area contributed by atoms with Gasteiger partial charge in [0.05, 0.1) is 18.6 Å². The summed E-state index contributed by atoms with van der Waals surface area (Å²) in [5, 5.41) is 1.91. The first-order valence-electron chi connectivity index (χ1n) is 11.0. The third kappa shape index (κ3) is 5.05. The van der Waals surface area contributed by atoms with Crippen molar-refractivity contribution in [2.75, 3.05) is 7.11 Å². The van der Waals surface area contributed by atoms with Crippen LogP contribution in [0.1, 0.15) is 16.7 Å². The van der Waals surface area contributed by atoms with Crippen LogP contribution >= 0.6 is 11.8 Å². The fourth-order valence-electron chi connectivity index (χ4n) is 3.84. The van der Waals surface area contributed by atoms with Gasteiger partial charge in [0, 0.05) is 12.4 Å². The van der Waals surface area contributed by atoms with Gasteiger partial charge in [-0.25, -0.2) is 0 Å². The first-order valence-corrected chi connectivity index (χ1v) is 11.8. The zero-order valence-corrected chi connectivity index (χ0v) is 19.8. The highest BCUT2D eigenvalue weighted by Crippen LogP contribution is 2.35. The van der Waals surface area contributed by atoms with Gasteiger partial charge < -0.3 is 9.47 Å². The summed E-state index contributed by atoms with van der Waals surface area (Å²) in [5.74, 6) is 0.833. The number of hydrogen-bond donors (Lipinski definition) is 0. The number of aromatic nitrogens is 1. The van der Waals surface area contributed by atoms with Crippen molar-refractivity contribution in [2.24, 2.45) is 0 Å². The van der Waals surface area contributed by atoms with Crippen LogP contribution in [0.3, 0.4) is 0 Å². The van der Waals surface area contributed by atoms with Gasteiger partial charge in [0.25, 0.3) is 11.1 Å². The summed E-state index contributed by atoms with van der Waals surface area (Å²) in [4.78, 5) is 31.3. The Morgan fingerprint density at radius 2 is 1.69 bits per heavy atom. The number of nitrogens with zero attached hydrogens (tertiary/aromatic N) is 2. The predicted molar refractivity (Wildman–Crippen MR) is 137 cm³/mol. The Labute approximate surface area is 207 Å². The van der Waals surface area contributed by atoms with E-state index in [1.165, 1.54) is 4.90 Å². The molecule has 174 valence electrons. The summed E-state index contributed by atoms with van der Waals surface area (Å²) in [6, 6.07) is 23.2. The van der Waals surface area contributed by atoms with E-state index in [-0.39, 0.29) is 17.7 Å². The van der Waals surface area contributed by atoms with Crippen molar-refractivity contribution >= 4 is 39.8 Å². The maximum Gasteiger partial charge on any atom is 0.293 e. The summed E-state index contributed by atoms with van der Waals surface area (Å²) >= 11 is 0.945. The number of imide groups is 1. The Morgan fingerprint density at radius 1 is 0.886 bits per heavy atom. The van der Waals surface area contributed by atoms with E-state index in [2.05, 4.69) is 4.98 Å². The molecule has 1 aliphatic rings. The van der Waals surface area contributed by atoms with Crippen LogP contribution < -0.4 is 9.47 Å². The molecule has 0 spiro atoms. The maximum absolute atomic E-state index is 13.0. The highest BCUT2D eigenvalue weighted by atomic mass is 32.2. The number of methoxy groups -OCH3 is 1. The minimum Gasteiger partial charge on any atom is -0.493 e. The molecule has 6 nitrogen and oxygen atoms in total. The SMILES string of the molecule is COc1cc(/C=C2/SC(=O)N(Cc3ccc4ccccc4c3)C2=O)ccc1OCc1ccncc1. The molecule has 1 fully saturated rings. The third-order valence-corrected chi connectivity index (χ3v) is 6.56. The van der Waals surface area contributed by atoms with Crippen molar-refractivity contribution in [1.29, 1.82) is 0 Å². The number of benzene rings is 3. The molecule has 1 saturated heterocycles. The monoisotopic (exact) mass is 482 g/mol. The lowest BCUT2D eigenvalue weighted by atomic mass is 10.1. The molecule has 5 rings (SSSR count). The van der Waals surface area contributed by atoms with Crippen LogP contribution in [0.4, 0.5) is 4.79 Å². The predicted octanol–water partition coefficient (Wildman–Crippen LogP) is 6.06. The van der Waals surface area contributed by atoms with Crippen LogP contribution in [0, 0.1) is 0 Å². The van der Waals surface area contributed by atoms with E-state index in [0.717, 1.165) is 39.2 Å². The van der Waals surface area contributed by atoms with Crippen molar-refractivity contribution in [1.82, 2.24) is 9.88 Å². The summed E-state index contributed by atoms with van der Waals surface area (Å²) in [7, 11) is 1.57. The van der Waals surface area contributed by atoms with E-state index < -0.39 is 0 Å². The molecule has 0 radical (unpaired) electrons. The van der Waals surface area contributed by atoms with Gasteiger partial charge in [0.15, 0.2) is 11.5 Å². The van der Waals surface area contributed by atoms with Crippen LogP contribution in [0.15, 0.2) is 90.1 Å². The van der Waals surface area contributed by atoms with E-state index >= 15 is 0 Å². The molecule has 0 saturated carbocycles. The quantitative estimate of drug-likeness (QED) is 0.298. The Hall–Kier alpha value is -4.10. The van der Waals surface area contributed by atoms with Crippen molar-refractivity contribution in [2.45, 2.75) is 13.2 Å². The second kappa shape index (κ2) is 10.0. The van der Waals surface area contributed by atoms with Crippen LogP contribution in [0.2, 0.25) is 0 Å². The van der Waals surface area contributed by atoms with Crippen LogP contribution in [0.5, 0.6) is 11.5 Å². The molecule has 0 bridgehead atoms. The lowest BCUT2D eigenvalue weighted by Gasteiger charge is -2.13. The molecule has 0 aliphatic carbocycles. The van der Waals surface area contributed by atoms with Crippen molar-refractivity contribution in [3.05, 3.63) is 107 Å². The molecule has 35 heavy (non-hydrogen) atoms. The summed E-state index contributed by atoms with van der Waals surface area (Å²) < 4.78 is 11.4. The molecule has 3 aromatic carbocycles. The zero-order chi connectivity index (χ0) is 24.2. The number of carbonyl (C=O) groups excluding carboxylic acids is 2. The van der Waals surface area contributed by atoms with Crippen LogP contribution in [-0.4, -0.2) is 28.1 Å². The number of rotatable bonds is 7. The zero-order valence-electron chi connectivity index (χ0n) is 19.0. The standard InChI is InChI=1S/C28H22N2O4S/c1-33-25-15-20(7-9-24(25)34-18-19-10-12-29-13-11-19)16-26-27(31)30(28(32)35-26)17-21-6-8-22-4-2-3-5-23(22)14-21/h2-16H,17-18H2,1H3/b26-16+. The second-order valence-electron chi connectivity index (χ2n) is 8.00. The third-order valence-electron chi connectivity index (χ3n) is 5.66. The largest absolute Gasteiger partial charge is 0.493 e. The number of carbonyl (C=O) groups is 2. The maximum atomic E-state index is 13.0. The van der Waals surface area contributed by atoms with Gasteiger partial charge in [-0.15, -0.1) is 0 Å². The van der Waals surface area contributed by atoms with Gasteiger partial charge >= 0.3 is 0 Å². The molecule has 2 heterocycles. The van der Waals surface area contributed by atoms with Gasteiger partial charge in [-0.3, -0.25) is 19.5 Å². The van der Waals surface area contributed by atoms with Crippen LogP contribution in [-0.2, 0) is 17.9 Å². The molecule has 2 amide bonds. The van der Waals surface area contributed by atoms with Crippen LogP contribution in [0.25, 0.3) is 16.8 Å². The number of amides is 2. The van der Waals surface area contributed by atoms with E-state index in [1.807, 2.05) is 60.7 Å². The van der Waals surface area contributed by atoms with E-state index in [4.69, 9.17) is 9.47 Å². The Balaban J connectivity index is 1.31. The highest BCUT2D eigenvalue weighted by molar-refractivity contribution is 8.18. The molecule has 0 atom stereocenters. The lowest BCUT2D eigenvalue weighted by Crippen LogP contribution is -2.27. The lowest BCUT2D eigenvalue weighted by molar-refractivity contribution is -0.123. The van der Waals surface area contributed by atoms with Gasteiger partial charge in [-0.05, 0) is 75.6 Å². The van der Waals surface area contributed by atoms with E-state index in [1.54, 1.807) is 37.7 Å². The molecule has 1 aromatic heterocycles. The van der Waals surface area contributed by atoms with Gasteiger partial charge in [0.1, 0.15) is 6.61 Å². The van der Waals surface area contributed by atoms with Gasteiger partial charge in [-0.2, -0.15) is 0 Å². The summed E-state index contributed by atoms with van der Waals surface area (Å²) in [5.41, 5.74) is 2.64. The minimum atomic E-state index is -0.301. The molecule has 1 aliphatic heterocycles.